The van der Waals surface area contributed by atoms with Crippen LogP contribution in [0.5, 0.6) is 0 Å². The third kappa shape index (κ3) is 2.44. The molecule has 3 heteroatoms. The first kappa shape index (κ1) is 9.93. The highest BCUT2D eigenvalue weighted by Crippen LogP contribution is 2.17. The molecule has 0 aromatic heterocycles. The van der Waals surface area contributed by atoms with Crippen LogP contribution in [0.25, 0.3) is 0 Å². The largest absolute Gasteiger partial charge is 0.428 e. The predicted molar refractivity (Wildman–Crippen MR) is 54.9 cm³/mol. The summed E-state index contributed by atoms with van der Waals surface area (Å²) in [4.78, 5) is 10.9. The van der Waals surface area contributed by atoms with Crippen LogP contribution in [0.4, 0.5) is 0 Å². The third-order valence-electron chi connectivity index (χ3n) is 2.18. The molecule has 0 saturated heterocycles. The van der Waals surface area contributed by atoms with Gasteiger partial charge in [0.2, 0.25) is 6.29 Å². The smallest absolute Gasteiger partial charge is 0.333 e. The quantitative estimate of drug-likeness (QED) is 0.707. The summed E-state index contributed by atoms with van der Waals surface area (Å²) in [7, 11) is 0. The van der Waals surface area contributed by atoms with Crippen molar-refractivity contribution in [1.29, 1.82) is 0 Å². The number of carbonyl (C=O) groups is 1. The van der Waals surface area contributed by atoms with E-state index in [0.717, 1.165) is 11.1 Å². The van der Waals surface area contributed by atoms with Gasteiger partial charge in [0, 0.05) is 11.6 Å². The standard InChI is InChI=1S/C12H12O3/c1-9-7-11(13)15-12(9)14-8-10-5-3-2-4-6-10/h2-7,12H,8H2,1H3. The van der Waals surface area contributed by atoms with E-state index < -0.39 is 6.29 Å². The van der Waals surface area contributed by atoms with Crippen LogP contribution >= 0.6 is 0 Å². The maximum absolute atomic E-state index is 10.9. The van der Waals surface area contributed by atoms with Crippen LogP contribution in [0.3, 0.4) is 0 Å². The molecule has 1 aromatic rings. The molecule has 2 rings (SSSR count). The lowest BCUT2D eigenvalue weighted by atomic mass is 10.2. The molecule has 1 aromatic carbocycles. The molecule has 1 unspecified atom stereocenters. The summed E-state index contributed by atoms with van der Waals surface area (Å²) in [5.74, 6) is -0.328. The first-order valence-electron chi connectivity index (χ1n) is 4.80. The molecule has 1 aliphatic heterocycles. The maximum atomic E-state index is 10.9. The Hall–Kier alpha value is -1.61. The van der Waals surface area contributed by atoms with Crippen molar-refractivity contribution in [3.05, 3.63) is 47.5 Å². The van der Waals surface area contributed by atoms with Gasteiger partial charge in [-0.1, -0.05) is 30.3 Å². The molecule has 0 spiro atoms. The summed E-state index contributed by atoms with van der Waals surface area (Å²) >= 11 is 0. The Morgan fingerprint density at radius 3 is 2.67 bits per heavy atom. The summed E-state index contributed by atoms with van der Waals surface area (Å²) in [6, 6.07) is 9.78. The molecule has 0 amide bonds. The fourth-order valence-corrected chi connectivity index (χ4v) is 1.40. The van der Waals surface area contributed by atoms with Crippen molar-refractivity contribution < 1.29 is 14.3 Å². The average Bonchev–Trinajstić information content (AvgIpc) is 2.56. The number of benzene rings is 1. The summed E-state index contributed by atoms with van der Waals surface area (Å²) in [5, 5.41) is 0. The Balaban J connectivity index is 1.90. The molecule has 78 valence electrons. The highest BCUT2D eigenvalue weighted by Gasteiger charge is 2.23. The van der Waals surface area contributed by atoms with Crippen LogP contribution in [0.1, 0.15) is 12.5 Å². The van der Waals surface area contributed by atoms with E-state index in [1.54, 1.807) is 0 Å². The van der Waals surface area contributed by atoms with Gasteiger partial charge in [-0.3, -0.25) is 0 Å². The first-order chi connectivity index (χ1) is 7.25. The second-order valence-corrected chi connectivity index (χ2v) is 3.45. The third-order valence-corrected chi connectivity index (χ3v) is 2.18. The minimum absolute atomic E-state index is 0.328. The summed E-state index contributed by atoms with van der Waals surface area (Å²) in [6.07, 6.45) is 0.938. The van der Waals surface area contributed by atoms with Crippen molar-refractivity contribution in [2.75, 3.05) is 0 Å². The average molecular weight is 204 g/mol. The summed E-state index contributed by atoms with van der Waals surface area (Å²) < 4.78 is 10.4. The van der Waals surface area contributed by atoms with Crippen LogP contribution in [0.15, 0.2) is 42.0 Å². The number of esters is 1. The highest BCUT2D eigenvalue weighted by atomic mass is 16.7. The van der Waals surface area contributed by atoms with Crippen LogP contribution in [0.2, 0.25) is 0 Å². The molecule has 0 aliphatic carbocycles. The molecule has 1 heterocycles. The van der Waals surface area contributed by atoms with E-state index in [4.69, 9.17) is 9.47 Å². The van der Waals surface area contributed by atoms with Crippen molar-refractivity contribution in [1.82, 2.24) is 0 Å². The normalized spacial score (nSPS) is 19.9. The molecule has 3 nitrogen and oxygen atoms in total. The lowest BCUT2D eigenvalue weighted by Crippen LogP contribution is -2.14. The number of cyclic esters (lactones) is 1. The number of hydrogen-bond donors (Lipinski definition) is 0. The van der Waals surface area contributed by atoms with Crippen molar-refractivity contribution in [2.45, 2.75) is 19.8 Å². The summed E-state index contributed by atoms with van der Waals surface area (Å²) in [6.45, 7) is 2.27. The van der Waals surface area contributed by atoms with E-state index >= 15 is 0 Å². The zero-order chi connectivity index (χ0) is 10.7. The van der Waals surface area contributed by atoms with Crippen LogP contribution < -0.4 is 0 Å². The van der Waals surface area contributed by atoms with Crippen molar-refractivity contribution in [3.8, 4) is 0 Å². The van der Waals surface area contributed by atoms with Gasteiger partial charge in [0.15, 0.2) is 0 Å². The van der Waals surface area contributed by atoms with Crippen LogP contribution in [-0.2, 0) is 20.9 Å². The first-order valence-corrected chi connectivity index (χ1v) is 4.80. The van der Waals surface area contributed by atoms with Crippen molar-refractivity contribution in [3.63, 3.8) is 0 Å². The van der Waals surface area contributed by atoms with E-state index in [1.807, 2.05) is 37.3 Å². The van der Waals surface area contributed by atoms with Gasteiger partial charge in [0.1, 0.15) is 0 Å². The number of carbonyl (C=O) groups excluding carboxylic acids is 1. The molecule has 1 aliphatic rings. The Labute approximate surface area is 88.3 Å². The topological polar surface area (TPSA) is 35.5 Å². The second kappa shape index (κ2) is 4.28. The second-order valence-electron chi connectivity index (χ2n) is 3.45. The fraction of sp³-hybridized carbons (Fsp3) is 0.250. The Kier molecular flexibility index (Phi) is 2.83. The van der Waals surface area contributed by atoms with E-state index in [2.05, 4.69) is 0 Å². The Bertz CT molecular complexity index is 381. The molecule has 0 fully saturated rings. The lowest BCUT2D eigenvalue weighted by Gasteiger charge is -2.12. The van der Waals surface area contributed by atoms with Gasteiger partial charge in [-0.25, -0.2) is 4.79 Å². The van der Waals surface area contributed by atoms with Gasteiger partial charge in [0.05, 0.1) is 6.61 Å². The molecule has 0 bridgehead atoms. The monoisotopic (exact) mass is 204 g/mol. The SMILES string of the molecule is CC1=CC(=O)OC1OCc1ccccc1. The van der Waals surface area contributed by atoms with Gasteiger partial charge in [0.25, 0.3) is 0 Å². The molecular formula is C12H12O3. The van der Waals surface area contributed by atoms with E-state index in [0.29, 0.717) is 6.61 Å². The van der Waals surface area contributed by atoms with Gasteiger partial charge in [-0.2, -0.15) is 0 Å². The molecule has 0 N–H and O–H groups in total. The van der Waals surface area contributed by atoms with Gasteiger partial charge >= 0.3 is 5.97 Å². The molecule has 15 heavy (non-hydrogen) atoms. The Morgan fingerprint density at radius 1 is 1.33 bits per heavy atom. The van der Waals surface area contributed by atoms with Crippen molar-refractivity contribution in [2.24, 2.45) is 0 Å². The molecular weight excluding hydrogens is 192 g/mol. The number of hydrogen-bond acceptors (Lipinski definition) is 3. The van der Waals surface area contributed by atoms with Gasteiger partial charge < -0.3 is 9.47 Å². The number of rotatable bonds is 3. The minimum Gasteiger partial charge on any atom is -0.428 e. The van der Waals surface area contributed by atoms with E-state index in [-0.39, 0.29) is 5.97 Å². The van der Waals surface area contributed by atoms with Crippen molar-refractivity contribution >= 4 is 5.97 Å². The molecule has 0 saturated carbocycles. The fourth-order valence-electron chi connectivity index (χ4n) is 1.40. The zero-order valence-electron chi connectivity index (χ0n) is 8.47. The van der Waals surface area contributed by atoms with E-state index in [9.17, 15) is 4.79 Å². The summed E-state index contributed by atoms with van der Waals surface area (Å²) in [5.41, 5.74) is 1.88. The molecule has 0 radical (unpaired) electrons. The zero-order valence-corrected chi connectivity index (χ0v) is 8.47. The lowest BCUT2D eigenvalue weighted by molar-refractivity contribution is -0.161. The van der Waals surface area contributed by atoms with Gasteiger partial charge in [-0.15, -0.1) is 0 Å². The Morgan fingerprint density at radius 2 is 2.07 bits per heavy atom. The van der Waals surface area contributed by atoms with Gasteiger partial charge in [-0.05, 0) is 12.5 Å². The van der Waals surface area contributed by atoms with Crippen LogP contribution in [0, 0.1) is 0 Å². The predicted octanol–water partition coefficient (Wildman–Crippen LogP) is 2.03. The highest BCUT2D eigenvalue weighted by molar-refractivity contribution is 5.85. The minimum atomic E-state index is -0.516. The number of ether oxygens (including phenoxy) is 2. The van der Waals surface area contributed by atoms with E-state index in [1.165, 1.54) is 6.08 Å². The van der Waals surface area contributed by atoms with Crippen LogP contribution in [-0.4, -0.2) is 12.3 Å². The maximum Gasteiger partial charge on any atom is 0.333 e. The molecule has 1 atom stereocenters.